The van der Waals surface area contributed by atoms with E-state index in [9.17, 15) is 8.42 Å². The number of methoxy groups -OCH3 is 1. The van der Waals surface area contributed by atoms with E-state index in [0.717, 1.165) is 11.3 Å². The van der Waals surface area contributed by atoms with Crippen molar-refractivity contribution >= 4 is 21.4 Å². The Morgan fingerprint density at radius 3 is 2.89 bits per heavy atom. The first-order valence-corrected chi connectivity index (χ1v) is 7.54. The van der Waals surface area contributed by atoms with Crippen molar-refractivity contribution in [3.8, 4) is 5.75 Å². The fourth-order valence-electron chi connectivity index (χ4n) is 1.49. The summed E-state index contributed by atoms with van der Waals surface area (Å²) in [6, 6.07) is 2.96. The van der Waals surface area contributed by atoms with Crippen LogP contribution in [0.3, 0.4) is 0 Å². The van der Waals surface area contributed by atoms with Gasteiger partial charge in [-0.05, 0) is 24.4 Å². The lowest BCUT2D eigenvalue weighted by Gasteiger charge is -2.12. The number of sulfonamides is 1. The van der Waals surface area contributed by atoms with Crippen LogP contribution < -0.4 is 9.46 Å². The van der Waals surface area contributed by atoms with E-state index < -0.39 is 10.0 Å². The van der Waals surface area contributed by atoms with E-state index >= 15 is 0 Å². The standard InChI is InChI=1S/C10H13N3O3S2/c1-7(8-3-5-11-12-8)13-18(14,15)10-9(16-2)4-6-17-10/h3-7,13H,1-2H3,(H,11,12). The molecule has 0 fully saturated rings. The predicted molar refractivity (Wildman–Crippen MR) is 68.2 cm³/mol. The van der Waals surface area contributed by atoms with Gasteiger partial charge in [0.05, 0.1) is 18.8 Å². The van der Waals surface area contributed by atoms with Crippen LogP contribution in [0.1, 0.15) is 18.7 Å². The molecule has 6 nitrogen and oxygen atoms in total. The summed E-state index contributed by atoms with van der Waals surface area (Å²) < 4.78 is 32.1. The maximum atomic E-state index is 12.2. The molecule has 0 aromatic carbocycles. The maximum absolute atomic E-state index is 12.2. The zero-order valence-corrected chi connectivity index (χ0v) is 11.5. The van der Waals surface area contributed by atoms with Gasteiger partial charge in [0.2, 0.25) is 0 Å². The van der Waals surface area contributed by atoms with Gasteiger partial charge in [-0.2, -0.15) is 5.10 Å². The van der Waals surface area contributed by atoms with Gasteiger partial charge in [0.15, 0.2) is 4.21 Å². The topological polar surface area (TPSA) is 84.1 Å². The van der Waals surface area contributed by atoms with Crippen molar-refractivity contribution in [3.63, 3.8) is 0 Å². The summed E-state index contributed by atoms with van der Waals surface area (Å²) in [6.45, 7) is 1.74. The first-order chi connectivity index (χ1) is 8.54. The quantitative estimate of drug-likeness (QED) is 0.873. The van der Waals surface area contributed by atoms with Crippen LogP contribution in [-0.4, -0.2) is 25.7 Å². The molecule has 8 heteroatoms. The van der Waals surface area contributed by atoms with Crippen LogP contribution in [0.5, 0.6) is 5.75 Å². The Morgan fingerprint density at radius 1 is 1.50 bits per heavy atom. The van der Waals surface area contributed by atoms with E-state index in [1.54, 1.807) is 30.6 Å². The molecule has 2 rings (SSSR count). The molecule has 0 radical (unpaired) electrons. The Kier molecular flexibility index (Phi) is 3.69. The molecule has 2 aromatic rings. The van der Waals surface area contributed by atoms with Crippen LogP contribution in [-0.2, 0) is 10.0 Å². The van der Waals surface area contributed by atoms with Crippen LogP contribution in [0.2, 0.25) is 0 Å². The normalized spacial score (nSPS) is 13.4. The number of H-pyrrole nitrogens is 1. The third-order valence-electron chi connectivity index (χ3n) is 2.38. The molecule has 0 amide bonds. The summed E-state index contributed by atoms with van der Waals surface area (Å²) in [5.74, 6) is 0.351. The lowest BCUT2D eigenvalue weighted by atomic mass is 10.3. The van der Waals surface area contributed by atoms with Crippen LogP contribution in [0.15, 0.2) is 27.9 Å². The smallest absolute Gasteiger partial charge is 0.254 e. The monoisotopic (exact) mass is 287 g/mol. The second kappa shape index (κ2) is 5.09. The van der Waals surface area contributed by atoms with E-state index in [2.05, 4.69) is 14.9 Å². The Hall–Kier alpha value is -1.38. The molecule has 2 heterocycles. The molecule has 18 heavy (non-hydrogen) atoms. The number of hydrogen-bond acceptors (Lipinski definition) is 5. The number of nitrogens with one attached hydrogen (secondary N) is 2. The average Bonchev–Trinajstić information content (AvgIpc) is 2.99. The van der Waals surface area contributed by atoms with E-state index in [1.165, 1.54) is 7.11 Å². The Balaban J connectivity index is 2.23. The molecule has 0 spiro atoms. The van der Waals surface area contributed by atoms with E-state index in [0.29, 0.717) is 11.4 Å². The van der Waals surface area contributed by atoms with Gasteiger partial charge in [0.25, 0.3) is 10.0 Å². The molecule has 2 N–H and O–H groups in total. The van der Waals surface area contributed by atoms with Crippen LogP contribution in [0, 0.1) is 0 Å². The minimum absolute atomic E-state index is 0.177. The first kappa shape index (κ1) is 13.1. The average molecular weight is 287 g/mol. The van der Waals surface area contributed by atoms with Gasteiger partial charge in [-0.3, -0.25) is 5.10 Å². The molecule has 1 unspecified atom stereocenters. The molecular weight excluding hydrogens is 274 g/mol. The number of rotatable bonds is 5. The fraction of sp³-hybridized carbons (Fsp3) is 0.300. The Bertz CT molecular complexity index is 604. The third kappa shape index (κ3) is 2.55. The summed E-state index contributed by atoms with van der Waals surface area (Å²) in [4.78, 5) is 0. The lowest BCUT2D eigenvalue weighted by Crippen LogP contribution is -2.26. The van der Waals surface area contributed by atoms with Crippen molar-refractivity contribution in [1.82, 2.24) is 14.9 Å². The minimum atomic E-state index is -3.59. The van der Waals surface area contributed by atoms with Crippen LogP contribution >= 0.6 is 11.3 Å². The molecule has 0 aliphatic rings. The summed E-state index contributed by atoms with van der Waals surface area (Å²) >= 11 is 1.12. The van der Waals surface area contributed by atoms with Gasteiger partial charge in [-0.1, -0.05) is 0 Å². The number of hydrogen-bond donors (Lipinski definition) is 2. The van der Waals surface area contributed by atoms with Crippen molar-refractivity contribution in [3.05, 3.63) is 29.4 Å². The first-order valence-electron chi connectivity index (χ1n) is 5.17. The van der Waals surface area contributed by atoms with Crippen molar-refractivity contribution in [2.45, 2.75) is 17.2 Å². The highest BCUT2D eigenvalue weighted by molar-refractivity contribution is 7.91. The molecule has 0 aliphatic carbocycles. The van der Waals surface area contributed by atoms with E-state index in [1.807, 2.05) is 0 Å². The molecule has 0 saturated heterocycles. The van der Waals surface area contributed by atoms with Crippen molar-refractivity contribution in [2.75, 3.05) is 7.11 Å². The SMILES string of the molecule is COc1ccsc1S(=O)(=O)NC(C)c1ccn[nH]1. The zero-order chi connectivity index (χ0) is 13.2. The van der Waals surface area contributed by atoms with Crippen LogP contribution in [0.4, 0.5) is 0 Å². The van der Waals surface area contributed by atoms with Gasteiger partial charge in [-0.15, -0.1) is 11.3 Å². The summed E-state index contributed by atoms with van der Waals surface area (Å²) in [6.07, 6.45) is 1.58. The summed E-state index contributed by atoms with van der Waals surface area (Å²) in [5, 5.41) is 8.19. The number of aromatic amines is 1. The highest BCUT2D eigenvalue weighted by atomic mass is 32.2. The highest BCUT2D eigenvalue weighted by Crippen LogP contribution is 2.30. The van der Waals surface area contributed by atoms with Gasteiger partial charge >= 0.3 is 0 Å². The van der Waals surface area contributed by atoms with Crippen molar-refractivity contribution < 1.29 is 13.2 Å². The molecular formula is C10H13N3O3S2. The summed E-state index contributed by atoms with van der Waals surface area (Å²) in [5.41, 5.74) is 0.703. The maximum Gasteiger partial charge on any atom is 0.254 e. The molecule has 1 atom stereocenters. The number of ether oxygens (including phenoxy) is 1. The third-order valence-corrected chi connectivity index (χ3v) is 5.37. The molecule has 2 aromatic heterocycles. The number of nitrogens with zero attached hydrogens (tertiary/aromatic N) is 1. The Morgan fingerprint density at radius 2 is 2.28 bits per heavy atom. The van der Waals surface area contributed by atoms with Gasteiger partial charge in [0, 0.05) is 6.20 Å². The predicted octanol–water partition coefficient (Wildman–Crippen LogP) is 1.52. The van der Waals surface area contributed by atoms with Gasteiger partial charge in [-0.25, -0.2) is 13.1 Å². The van der Waals surface area contributed by atoms with Crippen molar-refractivity contribution in [2.24, 2.45) is 0 Å². The van der Waals surface area contributed by atoms with Gasteiger partial charge in [0.1, 0.15) is 5.75 Å². The highest BCUT2D eigenvalue weighted by Gasteiger charge is 2.24. The molecule has 0 bridgehead atoms. The number of aromatic nitrogens is 2. The van der Waals surface area contributed by atoms with Gasteiger partial charge < -0.3 is 4.74 Å². The Labute approximate surface area is 109 Å². The molecule has 0 saturated carbocycles. The second-order valence-electron chi connectivity index (χ2n) is 3.63. The fourth-order valence-corrected chi connectivity index (χ4v) is 4.00. The van der Waals surface area contributed by atoms with E-state index in [-0.39, 0.29) is 10.3 Å². The van der Waals surface area contributed by atoms with Crippen LogP contribution in [0.25, 0.3) is 0 Å². The van der Waals surface area contributed by atoms with Crippen molar-refractivity contribution in [1.29, 1.82) is 0 Å². The molecule has 0 aliphatic heterocycles. The lowest BCUT2D eigenvalue weighted by molar-refractivity contribution is 0.406. The zero-order valence-electron chi connectivity index (χ0n) is 9.88. The largest absolute Gasteiger partial charge is 0.494 e. The second-order valence-corrected chi connectivity index (χ2v) is 6.46. The van der Waals surface area contributed by atoms with E-state index in [4.69, 9.17) is 4.74 Å². The number of thiophene rings is 1. The summed E-state index contributed by atoms with van der Waals surface area (Å²) in [7, 11) is -2.15. The minimum Gasteiger partial charge on any atom is -0.494 e. The molecule has 98 valence electrons.